The van der Waals surface area contributed by atoms with Crippen LogP contribution in [0.15, 0.2) is 24.3 Å². The second-order valence-electron chi connectivity index (χ2n) is 7.26. The molecule has 0 aromatic heterocycles. The van der Waals surface area contributed by atoms with Crippen molar-refractivity contribution < 1.29 is 14.7 Å². The summed E-state index contributed by atoms with van der Waals surface area (Å²) in [7, 11) is 0. The number of benzene rings is 1. The summed E-state index contributed by atoms with van der Waals surface area (Å²) < 4.78 is 0. The average Bonchev–Trinajstić information content (AvgIpc) is 3.04. The number of carboxylic acids is 1. The van der Waals surface area contributed by atoms with Gasteiger partial charge in [-0.05, 0) is 50.4 Å². The number of carbonyl (C=O) groups excluding carboxylic acids is 1. The first kappa shape index (κ1) is 17.9. The van der Waals surface area contributed by atoms with Crippen LogP contribution in [0.25, 0.3) is 0 Å². The molecule has 2 heterocycles. The van der Waals surface area contributed by atoms with E-state index in [1.165, 1.54) is 0 Å². The Balaban J connectivity index is 1.94. The van der Waals surface area contributed by atoms with Gasteiger partial charge in [-0.3, -0.25) is 14.5 Å². The van der Waals surface area contributed by atoms with Crippen molar-refractivity contribution in [3.63, 3.8) is 0 Å². The lowest BCUT2D eigenvalue weighted by Gasteiger charge is -2.42. The monoisotopic (exact) mass is 344 g/mol. The Morgan fingerprint density at radius 3 is 2.72 bits per heavy atom. The highest BCUT2D eigenvalue weighted by molar-refractivity contribution is 5.82. The van der Waals surface area contributed by atoms with Gasteiger partial charge in [-0.1, -0.05) is 31.2 Å². The lowest BCUT2D eigenvalue weighted by Crippen LogP contribution is -2.50. The molecule has 1 aromatic rings. The van der Waals surface area contributed by atoms with Gasteiger partial charge in [0, 0.05) is 19.0 Å². The number of aliphatic carboxylic acids is 1. The van der Waals surface area contributed by atoms with Gasteiger partial charge in [-0.25, -0.2) is 0 Å². The number of likely N-dealkylation sites (tertiary alicyclic amines) is 2. The van der Waals surface area contributed by atoms with Crippen LogP contribution in [-0.4, -0.2) is 52.5 Å². The SMILES string of the molecule is CCN1CCCC1CN1C(=O)CCC(C(=O)O)C1c1ccccc1C. The van der Waals surface area contributed by atoms with Crippen LogP contribution in [0.3, 0.4) is 0 Å². The lowest BCUT2D eigenvalue weighted by atomic mass is 9.82. The van der Waals surface area contributed by atoms with E-state index in [0.717, 1.165) is 37.1 Å². The molecule has 5 nitrogen and oxygen atoms in total. The summed E-state index contributed by atoms with van der Waals surface area (Å²) in [6, 6.07) is 7.85. The van der Waals surface area contributed by atoms with E-state index in [1.807, 2.05) is 36.1 Å². The maximum atomic E-state index is 12.8. The molecular formula is C20H28N2O3. The Morgan fingerprint density at radius 1 is 1.28 bits per heavy atom. The molecule has 136 valence electrons. The van der Waals surface area contributed by atoms with Gasteiger partial charge in [0.15, 0.2) is 0 Å². The standard InChI is InChI=1S/C20H28N2O3/c1-3-21-12-6-8-15(21)13-22-18(23)11-10-17(20(24)25)19(22)16-9-5-4-7-14(16)2/h4-5,7,9,15,17,19H,3,6,8,10-13H2,1-2H3,(H,24,25). The molecule has 2 aliphatic rings. The number of hydrogen-bond acceptors (Lipinski definition) is 3. The van der Waals surface area contributed by atoms with Crippen molar-refractivity contribution in [2.24, 2.45) is 5.92 Å². The molecule has 1 aromatic carbocycles. The molecular weight excluding hydrogens is 316 g/mol. The van der Waals surface area contributed by atoms with Crippen LogP contribution in [0.2, 0.25) is 0 Å². The van der Waals surface area contributed by atoms with E-state index in [9.17, 15) is 14.7 Å². The molecule has 2 saturated heterocycles. The van der Waals surface area contributed by atoms with Crippen LogP contribution >= 0.6 is 0 Å². The van der Waals surface area contributed by atoms with Gasteiger partial charge in [-0.2, -0.15) is 0 Å². The predicted octanol–water partition coefficient (Wildman–Crippen LogP) is 2.84. The lowest BCUT2D eigenvalue weighted by molar-refractivity contribution is -0.152. The van der Waals surface area contributed by atoms with Crippen LogP contribution in [-0.2, 0) is 9.59 Å². The van der Waals surface area contributed by atoms with Crippen molar-refractivity contribution in [1.29, 1.82) is 0 Å². The largest absolute Gasteiger partial charge is 0.481 e. The molecule has 2 aliphatic heterocycles. The topological polar surface area (TPSA) is 60.9 Å². The number of likely N-dealkylation sites (N-methyl/N-ethyl adjacent to an activating group) is 1. The van der Waals surface area contributed by atoms with Crippen LogP contribution < -0.4 is 0 Å². The first-order valence-corrected chi connectivity index (χ1v) is 9.34. The third kappa shape index (κ3) is 3.56. The van der Waals surface area contributed by atoms with Crippen molar-refractivity contribution >= 4 is 11.9 Å². The fourth-order valence-electron chi connectivity index (χ4n) is 4.48. The number of rotatable bonds is 5. The molecule has 1 N–H and O–H groups in total. The first-order valence-electron chi connectivity index (χ1n) is 9.34. The van der Waals surface area contributed by atoms with E-state index in [4.69, 9.17) is 0 Å². The summed E-state index contributed by atoms with van der Waals surface area (Å²) in [5, 5.41) is 9.78. The van der Waals surface area contributed by atoms with E-state index < -0.39 is 11.9 Å². The minimum absolute atomic E-state index is 0.0914. The molecule has 0 saturated carbocycles. The molecule has 0 spiro atoms. The fraction of sp³-hybridized carbons (Fsp3) is 0.600. The summed E-state index contributed by atoms with van der Waals surface area (Å²) in [4.78, 5) is 28.9. The summed E-state index contributed by atoms with van der Waals surface area (Å²) in [6.45, 7) is 6.83. The minimum Gasteiger partial charge on any atom is -0.481 e. The molecule has 5 heteroatoms. The molecule has 1 amide bonds. The highest BCUT2D eigenvalue weighted by Crippen LogP contribution is 2.39. The van der Waals surface area contributed by atoms with Crippen molar-refractivity contribution in [3.05, 3.63) is 35.4 Å². The van der Waals surface area contributed by atoms with Crippen molar-refractivity contribution in [2.75, 3.05) is 19.6 Å². The Hall–Kier alpha value is -1.88. The highest BCUT2D eigenvalue weighted by atomic mass is 16.4. The molecule has 25 heavy (non-hydrogen) atoms. The Bertz CT molecular complexity index is 646. The smallest absolute Gasteiger partial charge is 0.308 e. The zero-order valence-electron chi connectivity index (χ0n) is 15.1. The number of hydrogen-bond donors (Lipinski definition) is 1. The van der Waals surface area contributed by atoms with Gasteiger partial charge in [0.1, 0.15) is 0 Å². The Labute approximate surface area is 149 Å². The fourth-order valence-corrected chi connectivity index (χ4v) is 4.48. The van der Waals surface area contributed by atoms with Crippen molar-refractivity contribution in [3.8, 4) is 0 Å². The van der Waals surface area contributed by atoms with E-state index in [-0.39, 0.29) is 11.9 Å². The Morgan fingerprint density at radius 2 is 2.04 bits per heavy atom. The molecule has 0 radical (unpaired) electrons. The quantitative estimate of drug-likeness (QED) is 0.892. The maximum Gasteiger partial charge on any atom is 0.308 e. The summed E-state index contributed by atoms with van der Waals surface area (Å²) in [6.07, 6.45) is 2.98. The first-order chi connectivity index (χ1) is 12.0. The van der Waals surface area contributed by atoms with Crippen LogP contribution in [0.4, 0.5) is 0 Å². The minimum atomic E-state index is -0.801. The normalized spacial score (nSPS) is 27.7. The van der Waals surface area contributed by atoms with E-state index in [0.29, 0.717) is 25.4 Å². The number of piperidine rings is 1. The van der Waals surface area contributed by atoms with Crippen molar-refractivity contribution in [1.82, 2.24) is 9.80 Å². The molecule has 0 aliphatic carbocycles. The third-order valence-corrected chi connectivity index (χ3v) is 5.84. The van der Waals surface area contributed by atoms with Crippen LogP contribution in [0.5, 0.6) is 0 Å². The molecule has 3 atom stereocenters. The van der Waals surface area contributed by atoms with Gasteiger partial charge in [0.2, 0.25) is 5.91 Å². The van der Waals surface area contributed by atoms with Crippen LogP contribution in [0, 0.1) is 12.8 Å². The summed E-state index contributed by atoms with van der Waals surface area (Å²) in [5.74, 6) is -1.24. The van der Waals surface area contributed by atoms with E-state index >= 15 is 0 Å². The number of aryl methyl sites for hydroxylation is 1. The second-order valence-corrected chi connectivity index (χ2v) is 7.26. The zero-order chi connectivity index (χ0) is 18.0. The van der Waals surface area contributed by atoms with Gasteiger partial charge >= 0.3 is 5.97 Å². The molecule has 3 rings (SSSR count). The number of amides is 1. The number of carbonyl (C=O) groups is 2. The molecule has 3 unspecified atom stereocenters. The predicted molar refractivity (Wildman–Crippen MR) is 96.3 cm³/mol. The summed E-state index contributed by atoms with van der Waals surface area (Å²) in [5.41, 5.74) is 2.03. The van der Waals surface area contributed by atoms with E-state index in [2.05, 4.69) is 11.8 Å². The Kier molecular flexibility index (Phi) is 5.42. The maximum absolute atomic E-state index is 12.8. The second kappa shape index (κ2) is 7.56. The van der Waals surface area contributed by atoms with Gasteiger partial charge in [0.25, 0.3) is 0 Å². The zero-order valence-corrected chi connectivity index (χ0v) is 15.1. The van der Waals surface area contributed by atoms with E-state index in [1.54, 1.807) is 0 Å². The summed E-state index contributed by atoms with van der Waals surface area (Å²) >= 11 is 0. The highest BCUT2D eigenvalue weighted by Gasteiger charge is 2.42. The van der Waals surface area contributed by atoms with Gasteiger partial charge in [0.05, 0.1) is 12.0 Å². The van der Waals surface area contributed by atoms with Crippen LogP contribution in [0.1, 0.15) is 49.8 Å². The average molecular weight is 344 g/mol. The van der Waals surface area contributed by atoms with Crippen molar-refractivity contribution in [2.45, 2.75) is 51.6 Å². The molecule has 2 fully saturated rings. The van der Waals surface area contributed by atoms with Gasteiger partial charge in [-0.15, -0.1) is 0 Å². The number of nitrogens with zero attached hydrogens (tertiary/aromatic N) is 2. The third-order valence-electron chi connectivity index (χ3n) is 5.84. The number of carboxylic acid groups (broad SMARTS) is 1. The van der Waals surface area contributed by atoms with Gasteiger partial charge < -0.3 is 10.0 Å². The molecule has 0 bridgehead atoms.